The molecular weight excluding hydrogens is 256 g/mol. The summed E-state index contributed by atoms with van der Waals surface area (Å²) in [6, 6.07) is 15.6. The van der Waals surface area contributed by atoms with Crippen molar-refractivity contribution in [1.82, 2.24) is 0 Å². The minimum Gasteiger partial charge on any atom is -0.365 e. The first-order valence-corrected chi connectivity index (χ1v) is 7.63. The van der Waals surface area contributed by atoms with E-state index >= 15 is 0 Å². The smallest absolute Gasteiger partial charge is 0.0437 e. The van der Waals surface area contributed by atoms with Crippen molar-refractivity contribution >= 4 is 5.69 Å². The van der Waals surface area contributed by atoms with Gasteiger partial charge in [-0.15, -0.1) is 0 Å². The Labute approximate surface area is 128 Å². The predicted octanol–water partition coefficient (Wildman–Crippen LogP) is 4.18. The maximum absolute atomic E-state index is 5.69. The zero-order valence-corrected chi connectivity index (χ0v) is 13.6. The molecule has 0 aliphatic heterocycles. The molecule has 2 nitrogen and oxygen atoms in total. The third-order valence-electron chi connectivity index (χ3n) is 4.10. The summed E-state index contributed by atoms with van der Waals surface area (Å²) >= 11 is 0. The molecule has 0 saturated carbocycles. The van der Waals surface area contributed by atoms with Gasteiger partial charge in [0.1, 0.15) is 0 Å². The first-order chi connectivity index (χ1) is 10.0. The lowest BCUT2D eigenvalue weighted by Gasteiger charge is -2.30. The first-order valence-electron chi connectivity index (χ1n) is 7.63. The Morgan fingerprint density at radius 3 is 2.00 bits per heavy atom. The van der Waals surface area contributed by atoms with Gasteiger partial charge in [-0.05, 0) is 62.1 Å². The highest BCUT2D eigenvalue weighted by molar-refractivity contribution is 5.50. The number of aryl methyl sites for hydroxylation is 2. The van der Waals surface area contributed by atoms with Crippen molar-refractivity contribution in [3.63, 3.8) is 0 Å². The Balaban J connectivity index is 2.31. The lowest BCUT2D eigenvalue weighted by atomic mass is 10.0. The van der Waals surface area contributed by atoms with E-state index in [9.17, 15) is 0 Å². The molecule has 2 heteroatoms. The summed E-state index contributed by atoms with van der Waals surface area (Å²) in [5, 5.41) is 0. The summed E-state index contributed by atoms with van der Waals surface area (Å²) < 4.78 is 0. The van der Waals surface area contributed by atoms with Gasteiger partial charge in [-0.2, -0.15) is 0 Å². The van der Waals surface area contributed by atoms with Crippen molar-refractivity contribution in [1.29, 1.82) is 0 Å². The van der Waals surface area contributed by atoms with Gasteiger partial charge in [-0.3, -0.25) is 0 Å². The van der Waals surface area contributed by atoms with Gasteiger partial charge in [-0.25, -0.2) is 0 Å². The summed E-state index contributed by atoms with van der Waals surface area (Å²) in [6.45, 7) is 10.4. The van der Waals surface area contributed by atoms with E-state index in [1.165, 1.54) is 27.9 Å². The first kappa shape index (κ1) is 15.6. The third-order valence-corrected chi connectivity index (χ3v) is 4.10. The van der Waals surface area contributed by atoms with Crippen molar-refractivity contribution in [2.75, 3.05) is 4.90 Å². The molecule has 21 heavy (non-hydrogen) atoms. The van der Waals surface area contributed by atoms with Crippen molar-refractivity contribution in [2.24, 2.45) is 5.73 Å². The molecule has 0 aromatic heterocycles. The van der Waals surface area contributed by atoms with Crippen molar-refractivity contribution in [2.45, 2.75) is 46.8 Å². The van der Waals surface area contributed by atoms with Gasteiger partial charge in [-0.1, -0.05) is 30.3 Å². The Morgan fingerprint density at radius 1 is 0.952 bits per heavy atom. The van der Waals surface area contributed by atoms with Gasteiger partial charge in [0.2, 0.25) is 0 Å². The highest BCUT2D eigenvalue weighted by atomic mass is 15.1. The third kappa shape index (κ3) is 3.64. The van der Waals surface area contributed by atoms with Crippen LogP contribution >= 0.6 is 0 Å². The van der Waals surface area contributed by atoms with Gasteiger partial charge < -0.3 is 10.6 Å². The van der Waals surface area contributed by atoms with Crippen LogP contribution in [0.4, 0.5) is 5.69 Å². The minimum absolute atomic E-state index is 0.452. The van der Waals surface area contributed by atoms with Crippen LogP contribution in [-0.2, 0) is 13.1 Å². The van der Waals surface area contributed by atoms with E-state index in [0.29, 0.717) is 12.6 Å². The zero-order valence-electron chi connectivity index (χ0n) is 13.6. The van der Waals surface area contributed by atoms with Gasteiger partial charge in [0.15, 0.2) is 0 Å². The van der Waals surface area contributed by atoms with E-state index in [1.54, 1.807) is 0 Å². The van der Waals surface area contributed by atoms with Crippen molar-refractivity contribution in [3.8, 4) is 0 Å². The van der Waals surface area contributed by atoms with Crippen LogP contribution in [0.2, 0.25) is 0 Å². The second kappa shape index (κ2) is 6.77. The number of nitrogens with two attached hydrogens (primary N) is 1. The molecule has 0 bridgehead atoms. The standard InChI is InChI=1S/C19H26N2/c1-14(2)21(18-10-8-17(12-20)9-11-18)13-19-15(3)6-5-7-16(19)4/h5-11,14H,12-13,20H2,1-4H3. The van der Waals surface area contributed by atoms with Gasteiger partial charge in [0.25, 0.3) is 0 Å². The fourth-order valence-corrected chi connectivity index (χ4v) is 2.66. The van der Waals surface area contributed by atoms with Crippen molar-refractivity contribution in [3.05, 3.63) is 64.7 Å². The van der Waals surface area contributed by atoms with E-state index in [1.807, 2.05) is 0 Å². The van der Waals surface area contributed by atoms with Crippen LogP contribution in [0.3, 0.4) is 0 Å². The average molecular weight is 282 g/mol. The molecule has 0 fully saturated rings. The molecule has 0 aliphatic carbocycles. The largest absolute Gasteiger partial charge is 0.365 e. The lowest BCUT2D eigenvalue weighted by Crippen LogP contribution is -2.30. The van der Waals surface area contributed by atoms with E-state index in [0.717, 1.165) is 6.54 Å². The van der Waals surface area contributed by atoms with Gasteiger partial charge in [0.05, 0.1) is 0 Å². The van der Waals surface area contributed by atoms with Crippen molar-refractivity contribution < 1.29 is 0 Å². The van der Waals surface area contributed by atoms with E-state index in [4.69, 9.17) is 5.73 Å². The fourth-order valence-electron chi connectivity index (χ4n) is 2.66. The monoisotopic (exact) mass is 282 g/mol. The molecule has 0 aliphatic rings. The summed E-state index contributed by atoms with van der Waals surface area (Å²) in [5.74, 6) is 0. The Bertz CT molecular complexity index is 565. The SMILES string of the molecule is Cc1cccc(C)c1CN(c1ccc(CN)cc1)C(C)C. The summed E-state index contributed by atoms with van der Waals surface area (Å²) in [4.78, 5) is 2.44. The zero-order chi connectivity index (χ0) is 15.4. The molecule has 0 radical (unpaired) electrons. The average Bonchev–Trinajstić information content (AvgIpc) is 2.47. The molecule has 0 saturated heterocycles. The summed E-state index contributed by atoms with van der Waals surface area (Å²) in [5.41, 5.74) is 12.3. The topological polar surface area (TPSA) is 29.3 Å². The predicted molar refractivity (Wildman–Crippen MR) is 91.6 cm³/mol. The van der Waals surface area contributed by atoms with Crippen LogP contribution in [0.1, 0.15) is 36.1 Å². The molecule has 0 heterocycles. The second-order valence-electron chi connectivity index (χ2n) is 5.96. The highest BCUT2D eigenvalue weighted by Crippen LogP contribution is 2.23. The van der Waals surface area contributed by atoms with E-state index < -0.39 is 0 Å². The Hall–Kier alpha value is -1.80. The van der Waals surface area contributed by atoms with Gasteiger partial charge in [0, 0.05) is 24.8 Å². The number of hydrogen-bond acceptors (Lipinski definition) is 2. The maximum Gasteiger partial charge on any atom is 0.0437 e. The molecule has 0 atom stereocenters. The number of benzene rings is 2. The molecule has 2 aromatic carbocycles. The van der Waals surface area contributed by atoms with E-state index in [-0.39, 0.29) is 0 Å². The molecule has 2 aromatic rings. The normalized spacial score (nSPS) is 11.0. The molecule has 112 valence electrons. The molecule has 0 spiro atoms. The summed E-state index contributed by atoms with van der Waals surface area (Å²) in [7, 11) is 0. The molecule has 0 amide bonds. The Morgan fingerprint density at radius 2 is 1.52 bits per heavy atom. The van der Waals surface area contributed by atoms with Crippen LogP contribution in [0.5, 0.6) is 0 Å². The number of hydrogen-bond donors (Lipinski definition) is 1. The lowest BCUT2D eigenvalue weighted by molar-refractivity contribution is 0.679. The summed E-state index contributed by atoms with van der Waals surface area (Å²) in [6.07, 6.45) is 0. The Kier molecular flexibility index (Phi) is 5.03. The van der Waals surface area contributed by atoms with E-state index in [2.05, 4.69) is 75.1 Å². The number of nitrogens with zero attached hydrogens (tertiary/aromatic N) is 1. The number of anilines is 1. The van der Waals surface area contributed by atoms with Crippen LogP contribution in [0, 0.1) is 13.8 Å². The molecule has 2 N–H and O–H groups in total. The number of rotatable bonds is 5. The van der Waals surface area contributed by atoms with Crippen LogP contribution in [0.15, 0.2) is 42.5 Å². The van der Waals surface area contributed by atoms with Crippen LogP contribution in [0.25, 0.3) is 0 Å². The molecule has 0 unspecified atom stereocenters. The second-order valence-corrected chi connectivity index (χ2v) is 5.96. The van der Waals surface area contributed by atoms with Gasteiger partial charge >= 0.3 is 0 Å². The minimum atomic E-state index is 0.452. The molecular formula is C19H26N2. The quantitative estimate of drug-likeness (QED) is 0.891. The van der Waals surface area contributed by atoms with Crippen LogP contribution < -0.4 is 10.6 Å². The fraction of sp³-hybridized carbons (Fsp3) is 0.368. The van der Waals surface area contributed by atoms with Crippen LogP contribution in [-0.4, -0.2) is 6.04 Å². The maximum atomic E-state index is 5.69. The highest BCUT2D eigenvalue weighted by Gasteiger charge is 2.13. The molecule has 2 rings (SSSR count).